The van der Waals surface area contributed by atoms with E-state index in [4.69, 9.17) is 0 Å². The number of allylic oxidation sites excluding steroid dienone is 4. The Balaban J connectivity index is 1.23. The van der Waals surface area contributed by atoms with Gasteiger partial charge in [-0.1, -0.05) is 103 Å². The third kappa shape index (κ3) is 3.88. The molecule has 7 aromatic carbocycles. The van der Waals surface area contributed by atoms with Crippen LogP contribution in [0.4, 0.5) is 0 Å². The minimum atomic E-state index is 1.06. The standard InChI is InChI=1S/C46H30N2S/c1-2-14-31(15-3-1)47-40-25-24-29-12-4-5-17-33(29)45(40)38-27-37-35-18-6-8-21-39(35)48(41(37)28-42(38)47)32-16-10-13-30(26-32)34-20-11-23-44-46(34)36-19-7-9-22-43(36)49-44/h2,4-28H,1,3H2. The molecule has 0 saturated heterocycles. The van der Waals surface area contributed by atoms with E-state index in [2.05, 4.69) is 167 Å². The SMILES string of the molecule is C1=CC(n2c3cc4c(cc3c3c5ccccc5ccc32)c2ccccc2n4-c2cccc(-c3cccc4sc5ccccc5c34)c2)=CCC1. The minimum absolute atomic E-state index is 1.06. The fourth-order valence-electron chi connectivity index (χ4n) is 8.40. The fourth-order valence-corrected chi connectivity index (χ4v) is 9.53. The molecule has 0 atom stereocenters. The molecule has 0 spiro atoms. The van der Waals surface area contributed by atoms with E-state index in [9.17, 15) is 0 Å². The smallest absolute Gasteiger partial charge is 0.0562 e. The Bertz CT molecular complexity index is 3050. The van der Waals surface area contributed by atoms with Crippen LogP contribution in [0.3, 0.4) is 0 Å². The van der Waals surface area contributed by atoms with Gasteiger partial charge < -0.3 is 9.13 Å². The lowest BCUT2D eigenvalue weighted by Crippen LogP contribution is -1.98. The lowest BCUT2D eigenvalue weighted by Gasteiger charge is -2.13. The largest absolute Gasteiger partial charge is 0.309 e. The molecule has 3 aromatic heterocycles. The first-order chi connectivity index (χ1) is 24.3. The highest BCUT2D eigenvalue weighted by Gasteiger charge is 2.21. The maximum Gasteiger partial charge on any atom is 0.0562 e. The van der Waals surface area contributed by atoms with Crippen molar-refractivity contribution in [3.63, 3.8) is 0 Å². The van der Waals surface area contributed by atoms with Gasteiger partial charge in [0.05, 0.1) is 22.1 Å². The zero-order valence-electron chi connectivity index (χ0n) is 26.7. The van der Waals surface area contributed by atoms with E-state index in [1.165, 1.54) is 97.1 Å². The highest BCUT2D eigenvalue weighted by molar-refractivity contribution is 7.25. The van der Waals surface area contributed by atoms with Gasteiger partial charge in [0.25, 0.3) is 0 Å². The maximum absolute atomic E-state index is 2.49. The van der Waals surface area contributed by atoms with Crippen LogP contribution in [0.2, 0.25) is 0 Å². The summed E-state index contributed by atoms with van der Waals surface area (Å²) in [6.07, 6.45) is 9.16. The average molecular weight is 643 g/mol. The minimum Gasteiger partial charge on any atom is -0.309 e. The molecule has 1 aliphatic carbocycles. The number of nitrogens with zero attached hydrogens (tertiary/aromatic N) is 2. The number of fused-ring (bicyclic) bond motifs is 11. The number of thiophene rings is 1. The molecule has 0 aliphatic heterocycles. The van der Waals surface area contributed by atoms with Crippen LogP contribution < -0.4 is 0 Å². The van der Waals surface area contributed by atoms with Gasteiger partial charge in [-0.05, 0) is 89.3 Å². The van der Waals surface area contributed by atoms with Crippen LogP contribution in [0.1, 0.15) is 12.8 Å². The van der Waals surface area contributed by atoms with E-state index in [0.717, 1.165) is 12.8 Å². The van der Waals surface area contributed by atoms with E-state index in [1.54, 1.807) is 0 Å². The van der Waals surface area contributed by atoms with Gasteiger partial charge in [-0.3, -0.25) is 0 Å². The zero-order chi connectivity index (χ0) is 32.1. The van der Waals surface area contributed by atoms with E-state index < -0.39 is 0 Å². The summed E-state index contributed by atoms with van der Waals surface area (Å²) < 4.78 is 7.63. The molecule has 0 saturated carbocycles. The summed E-state index contributed by atoms with van der Waals surface area (Å²) in [6, 6.07) is 51.9. The highest BCUT2D eigenvalue weighted by atomic mass is 32.1. The van der Waals surface area contributed by atoms with Crippen molar-refractivity contribution in [2.24, 2.45) is 0 Å². The number of benzene rings is 7. The van der Waals surface area contributed by atoms with Crippen LogP contribution in [0.15, 0.2) is 158 Å². The van der Waals surface area contributed by atoms with Crippen molar-refractivity contribution in [1.82, 2.24) is 9.13 Å². The zero-order valence-corrected chi connectivity index (χ0v) is 27.5. The summed E-state index contributed by atoms with van der Waals surface area (Å²) in [4.78, 5) is 0. The van der Waals surface area contributed by atoms with Gasteiger partial charge >= 0.3 is 0 Å². The lowest BCUT2D eigenvalue weighted by molar-refractivity contribution is 1.02. The van der Waals surface area contributed by atoms with Gasteiger partial charge in [-0.15, -0.1) is 11.3 Å². The fraction of sp³-hybridized carbons (Fsp3) is 0.0435. The molecule has 2 nitrogen and oxygen atoms in total. The van der Waals surface area contributed by atoms with Gasteiger partial charge in [0, 0.05) is 53.1 Å². The van der Waals surface area contributed by atoms with Crippen LogP contribution >= 0.6 is 11.3 Å². The summed E-state index contributed by atoms with van der Waals surface area (Å²) in [5.41, 5.74) is 9.88. The Hall–Kier alpha value is -5.90. The quantitative estimate of drug-likeness (QED) is 0.181. The van der Waals surface area contributed by atoms with Crippen molar-refractivity contribution in [3.8, 4) is 16.8 Å². The molecule has 0 N–H and O–H groups in total. The normalized spacial score (nSPS) is 13.6. The third-order valence-electron chi connectivity index (χ3n) is 10.5. The number of hydrogen-bond acceptors (Lipinski definition) is 1. The molecule has 0 unspecified atom stereocenters. The third-order valence-corrected chi connectivity index (χ3v) is 11.6. The van der Waals surface area contributed by atoms with Crippen molar-refractivity contribution < 1.29 is 0 Å². The molecule has 3 heteroatoms. The molecule has 230 valence electrons. The van der Waals surface area contributed by atoms with E-state index in [-0.39, 0.29) is 0 Å². The second-order valence-electron chi connectivity index (χ2n) is 13.2. The summed E-state index contributed by atoms with van der Waals surface area (Å²) in [5, 5.41) is 10.4. The number of rotatable bonds is 3. The Morgan fingerprint density at radius 3 is 2.18 bits per heavy atom. The van der Waals surface area contributed by atoms with Gasteiger partial charge in [0.1, 0.15) is 0 Å². The van der Waals surface area contributed by atoms with Crippen LogP contribution in [-0.2, 0) is 0 Å². The summed E-state index contributed by atoms with van der Waals surface area (Å²) in [6.45, 7) is 0. The van der Waals surface area contributed by atoms with Crippen LogP contribution in [0, 0.1) is 0 Å². The Morgan fingerprint density at radius 1 is 0.469 bits per heavy atom. The lowest BCUT2D eigenvalue weighted by atomic mass is 9.99. The van der Waals surface area contributed by atoms with E-state index >= 15 is 0 Å². The second-order valence-corrected chi connectivity index (χ2v) is 14.3. The molecule has 3 heterocycles. The van der Waals surface area contributed by atoms with E-state index in [1.807, 2.05) is 11.3 Å². The first kappa shape index (κ1) is 27.1. The van der Waals surface area contributed by atoms with Crippen molar-refractivity contribution in [2.45, 2.75) is 12.8 Å². The predicted octanol–water partition coefficient (Wildman–Crippen LogP) is 13.3. The molecular weight excluding hydrogens is 613 g/mol. The topological polar surface area (TPSA) is 9.86 Å². The molecule has 11 rings (SSSR count). The number of hydrogen-bond donors (Lipinski definition) is 0. The van der Waals surface area contributed by atoms with Crippen LogP contribution in [0.25, 0.3) is 97.1 Å². The summed E-state index contributed by atoms with van der Waals surface area (Å²) >= 11 is 1.88. The molecule has 10 aromatic rings. The Kier molecular flexibility index (Phi) is 5.69. The molecule has 0 amide bonds. The van der Waals surface area contributed by atoms with Crippen molar-refractivity contribution >= 4 is 91.6 Å². The monoisotopic (exact) mass is 642 g/mol. The second kappa shape index (κ2) is 10.3. The highest BCUT2D eigenvalue weighted by Crippen LogP contribution is 2.44. The van der Waals surface area contributed by atoms with E-state index in [0.29, 0.717) is 0 Å². The van der Waals surface area contributed by atoms with Gasteiger partial charge in [0.2, 0.25) is 0 Å². The maximum atomic E-state index is 2.49. The number of para-hydroxylation sites is 1. The van der Waals surface area contributed by atoms with Crippen LogP contribution in [0.5, 0.6) is 0 Å². The Morgan fingerprint density at radius 2 is 1.27 bits per heavy atom. The molecular formula is C46H30N2S. The summed E-state index contributed by atoms with van der Waals surface area (Å²) in [5.74, 6) is 0. The molecule has 0 bridgehead atoms. The van der Waals surface area contributed by atoms with Crippen molar-refractivity contribution in [2.75, 3.05) is 0 Å². The predicted molar refractivity (Wildman–Crippen MR) is 212 cm³/mol. The first-order valence-corrected chi connectivity index (χ1v) is 17.9. The van der Waals surface area contributed by atoms with Gasteiger partial charge in [-0.25, -0.2) is 0 Å². The number of aromatic nitrogens is 2. The Labute approximate surface area is 287 Å². The van der Waals surface area contributed by atoms with Gasteiger partial charge in [0.15, 0.2) is 0 Å². The van der Waals surface area contributed by atoms with Crippen molar-refractivity contribution in [3.05, 3.63) is 158 Å². The molecule has 1 aliphatic rings. The summed E-state index contributed by atoms with van der Waals surface area (Å²) in [7, 11) is 0. The molecule has 0 fully saturated rings. The van der Waals surface area contributed by atoms with Crippen molar-refractivity contribution in [1.29, 1.82) is 0 Å². The molecule has 49 heavy (non-hydrogen) atoms. The average Bonchev–Trinajstić information content (AvgIpc) is 3.81. The molecule has 0 radical (unpaired) electrons. The van der Waals surface area contributed by atoms with Gasteiger partial charge in [-0.2, -0.15) is 0 Å². The van der Waals surface area contributed by atoms with Crippen LogP contribution in [-0.4, -0.2) is 9.13 Å². The first-order valence-electron chi connectivity index (χ1n) is 17.1.